The van der Waals surface area contributed by atoms with Crippen molar-refractivity contribution in [2.24, 2.45) is 17.8 Å². The van der Waals surface area contributed by atoms with E-state index < -0.39 is 29.8 Å². The van der Waals surface area contributed by atoms with Gasteiger partial charge in [-0.15, -0.1) is 0 Å². The van der Waals surface area contributed by atoms with Gasteiger partial charge in [-0.25, -0.2) is 0 Å². The van der Waals surface area contributed by atoms with E-state index in [0.29, 0.717) is 19.0 Å². The Balaban J connectivity index is 2.66. The molecule has 1 aliphatic rings. The van der Waals surface area contributed by atoms with Crippen molar-refractivity contribution >= 4 is 17.8 Å². The second kappa shape index (κ2) is 7.40. The molecule has 0 aliphatic carbocycles. The van der Waals surface area contributed by atoms with Crippen molar-refractivity contribution in [2.75, 3.05) is 19.6 Å². The molecule has 1 fully saturated rings. The third-order valence-corrected chi connectivity index (χ3v) is 3.89. The van der Waals surface area contributed by atoms with Crippen molar-refractivity contribution in [3.8, 4) is 0 Å². The van der Waals surface area contributed by atoms with Crippen LogP contribution in [0.1, 0.15) is 27.2 Å². The molecule has 1 heterocycles. The lowest BCUT2D eigenvalue weighted by molar-refractivity contribution is -0.158. The van der Waals surface area contributed by atoms with Gasteiger partial charge < -0.3 is 15.5 Å². The Morgan fingerprint density at radius 1 is 1.14 bits per heavy atom. The molecule has 0 bridgehead atoms. The fraction of sp³-hybridized carbons (Fsp3) is 0.786. The molecule has 0 aromatic carbocycles. The van der Waals surface area contributed by atoms with E-state index in [2.05, 4.69) is 5.32 Å². The second-order valence-corrected chi connectivity index (χ2v) is 5.99. The minimum absolute atomic E-state index is 0.0859. The SMILES string of the molecule is CC(C)CNC(=O)C(C)N1CCC(C(=O)O)C(C(=O)O)C1. The van der Waals surface area contributed by atoms with Crippen molar-refractivity contribution in [2.45, 2.75) is 33.2 Å². The summed E-state index contributed by atoms with van der Waals surface area (Å²) in [5.41, 5.74) is 0. The Morgan fingerprint density at radius 3 is 2.19 bits per heavy atom. The first-order valence-electron chi connectivity index (χ1n) is 7.21. The molecule has 1 amide bonds. The number of likely N-dealkylation sites (tertiary alicyclic amines) is 1. The molecule has 7 heteroatoms. The molecule has 1 saturated heterocycles. The van der Waals surface area contributed by atoms with E-state index in [4.69, 9.17) is 5.11 Å². The molecule has 0 aromatic rings. The van der Waals surface area contributed by atoms with E-state index in [-0.39, 0.29) is 18.9 Å². The van der Waals surface area contributed by atoms with Crippen LogP contribution in [-0.2, 0) is 14.4 Å². The molecule has 120 valence electrons. The molecule has 0 spiro atoms. The van der Waals surface area contributed by atoms with Crippen LogP contribution < -0.4 is 5.32 Å². The lowest BCUT2D eigenvalue weighted by Gasteiger charge is -2.37. The molecule has 0 radical (unpaired) electrons. The number of carboxylic acid groups (broad SMARTS) is 2. The third kappa shape index (κ3) is 4.70. The lowest BCUT2D eigenvalue weighted by atomic mass is 9.85. The maximum Gasteiger partial charge on any atom is 0.308 e. The molecule has 0 aromatic heterocycles. The molecule has 3 N–H and O–H groups in total. The van der Waals surface area contributed by atoms with E-state index in [9.17, 15) is 19.5 Å². The average Bonchev–Trinajstić information content (AvgIpc) is 2.42. The first kappa shape index (κ1) is 17.4. The minimum Gasteiger partial charge on any atom is -0.481 e. The Morgan fingerprint density at radius 2 is 1.71 bits per heavy atom. The number of carbonyl (C=O) groups excluding carboxylic acids is 1. The number of aliphatic carboxylic acids is 2. The topological polar surface area (TPSA) is 107 Å². The molecular weight excluding hydrogens is 276 g/mol. The average molecular weight is 300 g/mol. The van der Waals surface area contributed by atoms with Crippen LogP contribution in [0.3, 0.4) is 0 Å². The summed E-state index contributed by atoms with van der Waals surface area (Å²) in [5.74, 6) is -3.88. The van der Waals surface area contributed by atoms with Gasteiger partial charge in [0.2, 0.25) is 5.91 Å². The predicted octanol–water partition coefficient (Wildman–Crippen LogP) is 0.254. The summed E-state index contributed by atoms with van der Waals surface area (Å²) in [7, 11) is 0. The number of nitrogens with one attached hydrogen (secondary N) is 1. The summed E-state index contributed by atoms with van der Waals surface area (Å²) < 4.78 is 0. The van der Waals surface area contributed by atoms with Gasteiger partial charge in [-0.2, -0.15) is 0 Å². The van der Waals surface area contributed by atoms with Gasteiger partial charge in [0, 0.05) is 13.1 Å². The van der Waals surface area contributed by atoms with Gasteiger partial charge in [-0.1, -0.05) is 13.8 Å². The quantitative estimate of drug-likeness (QED) is 0.649. The van der Waals surface area contributed by atoms with Gasteiger partial charge in [0.15, 0.2) is 0 Å². The molecule has 3 unspecified atom stereocenters. The summed E-state index contributed by atoms with van der Waals surface area (Å²) in [6, 6.07) is -0.458. The van der Waals surface area contributed by atoms with Crippen LogP contribution in [0.4, 0.5) is 0 Å². The fourth-order valence-corrected chi connectivity index (χ4v) is 2.49. The number of piperidine rings is 1. The van der Waals surface area contributed by atoms with Gasteiger partial charge in [-0.3, -0.25) is 19.3 Å². The van der Waals surface area contributed by atoms with Crippen molar-refractivity contribution in [3.63, 3.8) is 0 Å². The third-order valence-electron chi connectivity index (χ3n) is 3.89. The van der Waals surface area contributed by atoms with Gasteiger partial charge >= 0.3 is 11.9 Å². The zero-order valence-electron chi connectivity index (χ0n) is 12.7. The molecule has 0 saturated carbocycles. The van der Waals surface area contributed by atoms with Crippen molar-refractivity contribution < 1.29 is 24.6 Å². The van der Waals surface area contributed by atoms with Crippen molar-refractivity contribution in [3.05, 3.63) is 0 Å². The van der Waals surface area contributed by atoms with Gasteiger partial charge in [0.1, 0.15) is 0 Å². The van der Waals surface area contributed by atoms with Crippen molar-refractivity contribution in [1.29, 1.82) is 0 Å². The largest absolute Gasteiger partial charge is 0.481 e. The maximum absolute atomic E-state index is 12.0. The van der Waals surface area contributed by atoms with Gasteiger partial charge in [0.25, 0.3) is 0 Å². The smallest absolute Gasteiger partial charge is 0.308 e. The zero-order chi connectivity index (χ0) is 16.2. The minimum atomic E-state index is -1.12. The highest BCUT2D eigenvalue weighted by molar-refractivity contribution is 5.82. The zero-order valence-corrected chi connectivity index (χ0v) is 12.7. The fourth-order valence-electron chi connectivity index (χ4n) is 2.49. The first-order valence-corrected chi connectivity index (χ1v) is 7.21. The number of rotatable bonds is 6. The van der Waals surface area contributed by atoms with E-state index in [1.807, 2.05) is 13.8 Å². The summed E-state index contributed by atoms with van der Waals surface area (Å²) in [5, 5.41) is 21.1. The number of carboxylic acids is 2. The first-order chi connectivity index (χ1) is 9.73. The highest BCUT2D eigenvalue weighted by Crippen LogP contribution is 2.25. The van der Waals surface area contributed by atoms with Crippen LogP contribution in [0.5, 0.6) is 0 Å². The number of carbonyl (C=O) groups is 3. The maximum atomic E-state index is 12.0. The summed E-state index contributed by atoms with van der Waals surface area (Å²) in [6.45, 7) is 6.76. The Bertz CT molecular complexity index is 410. The Labute approximate surface area is 124 Å². The number of hydrogen-bond acceptors (Lipinski definition) is 4. The molecule has 7 nitrogen and oxygen atoms in total. The van der Waals surface area contributed by atoms with Crippen LogP contribution in [0, 0.1) is 17.8 Å². The van der Waals surface area contributed by atoms with Crippen LogP contribution in [0.25, 0.3) is 0 Å². The van der Waals surface area contributed by atoms with Gasteiger partial charge in [-0.05, 0) is 25.8 Å². The summed E-state index contributed by atoms with van der Waals surface area (Å²) in [4.78, 5) is 36.1. The summed E-state index contributed by atoms with van der Waals surface area (Å²) in [6.07, 6.45) is 0.244. The van der Waals surface area contributed by atoms with Crippen LogP contribution in [-0.4, -0.2) is 58.6 Å². The highest BCUT2D eigenvalue weighted by atomic mass is 16.4. The standard InChI is InChI=1S/C14H24N2O5/c1-8(2)6-15-12(17)9(3)16-5-4-10(13(18)19)11(7-16)14(20)21/h8-11H,4-7H2,1-3H3,(H,15,17)(H,18,19)(H,20,21). The number of amides is 1. The van der Waals surface area contributed by atoms with E-state index in [1.165, 1.54) is 0 Å². The van der Waals surface area contributed by atoms with Gasteiger partial charge in [0.05, 0.1) is 17.9 Å². The van der Waals surface area contributed by atoms with Crippen LogP contribution in [0.2, 0.25) is 0 Å². The van der Waals surface area contributed by atoms with E-state index in [1.54, 1.807) is 11.8 Å². The Kier molecular flexibility index (Phi) is 6.14. The van der Waals surface area contributed by atoms with E-state index >= 15 is 0 Å². The molecule has 21 heavy (non-hydrogen) atoms. The molecular formula is C14H24N2O5. The van der Waals surface area contributed by atoms with Crippen LogP contribution in [0.15, 0.2) is 0 Å². The highest BCUT2D eigenvalue weighted by Gasteiger charge is 2.40. The monoisotopic (exact) mass is 300 g/mol. The molecule has 1 rings (SSSR count). The molecule has 3 atom stereocenters. The predicted molar refractivity (Wildman–Crippen MR) is 75.8 cm³/mol. The second-order valence-electron chi connectivity index (χ2n) is 5.99. The summed E-state index contributed by atoms with van der Waals surface area (Å²) >= 11 is 0. The normalized spacial score (nSPS) is 24.6. The number of hydrogen-bond donors (Lipinski definition) is 3. The Hall–Kier alpha value is -1.63. The lowest BCUT2D eigenvalue weighted by Crippen LogP contribution is -2.53. The van der Waals surface area contributed by atoms with E-state index in [0.717, 1.165) is 0 Å². The number of nitrogens with zero attached hydrogens (tertiary/aromatic N) is 1. The molecule has 1 aliphatic heterocycles. The van der Waals surface area contributed by atoms with Crippen LogP contribution >= 0.6 is 0 Å². The van der Waals surface area contributed by atoms with Crippen molar-refractivity contribution in [1.82, 2.24) is 10.2 Å².